The van der Waals surface area contributed by atoms with E-state index >= 15 is 0 Å². The van der Waals surface area contributed by atoms with Gasteiger partial charge in [-0.2, -0.15) is 0 Å². The minimum Gasteiger partial charge on any atom is -0.457 e. The summed E-state index contributed by atoms with van der Waals surface area (Å²) in [4.78, 5) is 29.3. The van der Waals surface area contributed by atoms with E-state index in [-0.39, 0.29) is 30.0 Å². The molecule has 1 unspecified atom stereocenters. The Balaban J connectivity index is 1.26. The number of hydrogen-bond donors (Lipinski definition) is 1. The lowest BCUT2D eigenvalue weighted by Crippen LogP contribution is -2.43. The summed E-state index contributed by atoms with van der Waals surface area (Å²) in [5.41, 5.74) is 1.69. The number of amides is 2. The standard InChI is InChI=1S/C31H27FN2O3S/c32-24-10-14-26(15-11-24)37-27-16-12-25(13-17-27)33-31(36)29-19-23(9-8-22-5-2-1-3-6-22)21-34(29)30(35)20-28-7-4-18-38-28/h1-18,23,29H,19-21H2,(H,33,36)/b9-8+/t23?,29-/m0/s1. The zero-order chi connectivity index (χ0) is 26.3. The first-order valence-corrected chi connectivity index (χ1v) is 13.3. The third kappa shape index (κ3) is 6.55. The molecule has 5 nitrogen and oxygen atoms in total. The van der Waals surface area contributed by atoms with Crippen LogP contribution < -0.4 is 10.1 Å². The molecular formula is C31H27FN2O3S. The van der Waals surface area contributed by atoms with Crippen LogP contribution in [0.2, 0.25) is 0 Å². The number of carbonyl (C=O) groups excluding carboxylic acids is 2. The molecular weight excluding hydrogens is 499 g/mol. The maximum atomic E-state index is 13.4. The molecule has 1 aliphatic heterocycles. The van der Waals surface area contributed by atoms with Gasteiger partial charge >= 0.3 is 0 Å². The fourth-order valence-electron chi connectivity index (χ4n) is 4.48. The van der Waals surface area contributed by atoms with Crippen LogP contribution >= 0.6 is 11.3 Å². The summed E-state index contributed by atoms with van der Waals surface area (Å²) in [7, 11) is 0. The van der Waals surface area contributed by atoms with Gasteiger partial charge in [0.05, 0.1) is 6.42 Å². The molecule has 192 valence electrons. The van der Waals surface area contributed by atoms with Gasteiger partial charge in [-0.25, -0.2) is 4.39 Å². The monoisotopic (exact) mass is 526 g/mol. The Morgan fingerprint density at radius 2 is 1.66 bits per heavy atom. The normalized spacial score (nSPS) is 17.0. The van der Waals surface area contributed by atoms with Crippen LogP contribution in [0.4, 0.5) is 10.1 Å². The van der Waals surface area contributed by atoms with Crippen LogP contribution in [0.5, 0.6) is 11.5 Å². The van der Waals surface area contributed by atoms with Crippen molar-refractivity contribution in [1.29, 1.82) is 0 Å². The van der Waals surface area contributed by atoms with Crippen LogP contribution in [0.3, 0.4) is 0 Å². The van der Waals surface area contributed by atoms with Gasteiger partial charge < -0.3 is 15.0 Å². The highest BCUT2D eigenvalue weighted by atomic mass is 32.1. The number of benzene rings is 3. The van der Waals surface area contributed by atoms with Crippen LogP contribution in [0.25, 0.3) is 6.08 Å². The van der Waals surface area contributed by atoms with E-state index in [1.807, 2.05) is 53.9 Å². The molecule has 1 fully saturated rings. The summed E-state index contributed by atoms with van der Waals surface area (Å²) in [6, 6.07) is 26.0. The Morgan fingerprint density at radius 3 is 2.34 bits per heavy atom. The van der Waals surface area contributed by atoms with Gasteiger partial charge in [0.25, 0.3) is 0 Å². The summed E-state index contributed by atoms with van der Waals surface area (Å²) in [6.45, 7) is 0.496. The fraction of sp³-hybridized carbons (Fsp3) is 0.161. The minimum absolute atomic E-state index is 0.0498. The van der Waals surface area contributed by atoms with Crippen LogP contribution in [0.15, 0.2) is 102 Å². The van der Waals surface area contributed by atoms with E-state index in [1.165, 1.54) is 12.1 Å². The first-order chi connectivity index (χ1) is 18.5. The average molecular weight is 527 g/mol. The van der Waals surface area contributed by atoms with Crippen molar-refractivity contribution in [2.45, 2.75) is 18.9 Å². The van der Waals surface area contributed by atoms with Gasteiger partial charge in [0.15, 0.2) is 0 Å². The first kappa shape index (κ1) is 25.4. The molecule has 38 heavy (non-hydrogen) atoms. The molecule has 1 aliphatic rings. The summed E-state index contributed by atoms with van der Waals surface area (Å²) >= 11 is 1.54. The molecule has 2 heterocycles. The number of halogens is 1. The molecule has 0 saturated carbocycles. The topological polar surface area (TPSA) is 58.6 Å². The van der Waals surface area contributed by atoms with Crippen molar-refractivity contribution in [3.8, 4) is 11.5 Å². The number of thiophene rings is 1. The highest BCUT2D eigenvalue weighted by Crippen LogP contribution is 2.29. The van der Waals surface area contributed by atoms with Crippen LogP contribution in [0.1, 0.15) is 16.9 Å². The number of carbonyl (C=O) groups is 2. The highest BCUT2D eigenvalue weighted by molar-refractivity contribution is 7.10. The Labute approximate surface area is 225 Å². The Kier molecular flexibility index (Phi) is 7.95. The quantitative estimate of drug-likeness (QED) is 0.275. The van der Waals surface area contributed by atoms with Gasteiger partial charge in [-0.1, -0.05) is 48.6 Å². The van der Waals surface area contributed by atoms with Crippen molar-refractivity contribution in [3.05, 3.63) is 119 Å². The van der Waals surface area contributed by atoms with Crippen LogP contribution in [-0.2, 0) is 16.0 Å². The van der Waals surface area contributed by atoms with Crippen molar-refractivity contribution in [3.63, 3.8) is 0 Å². The predicted octanol–water partition coefficient (Wildman–Crippen LogP) is 6.79. The van der Waals surface area contributed by atoms with E-state index in [1.54, 1.807) is 52.6 Å². The second-order valence-electron chi connectivity index (χ2n) is 9.15. The molecule has 4 aromatic rings. The summed E-state index contributed by atoms with van der Waals surface area (Å²) < 4.78 is 18.9. The largest absolute Gasteiger partial charge is 0.457 e. The van der Waals surface area contributed by atoms with Crippen molar-refractivity contribution in [1.82, 2.24) is 4.90 Å². The van der Waals surface area contributed by atoms with Crippen molar-refractivity contribution >= 4 is 34.9 Å². The molecule has 1 aromatic heterocycles. The van der Waals surface area contributed by atoms with Gasteiger partial charge in [-0.05, 0) is 77.9 Å². The van der Waals surface area contributed by atoms with Crippen molar-refractivity contribution in [2.75, 3.05) is 11.9 Å². The Morgan fingerprint density at radius 1 is 0.947 bits per heavy atom. The Bertz CT molecular complexity index is 1390. The van der Waals surface area contributed by atoms with E-state index in [0.717, 1.165) is 10.4 Å². The highest BCUT2D eigenvalue weighted by Gasteiger charge is 2.38. The van der Waals surface area contributed by atoms with Gasteiger partial charge in [0.1, 0.15) is 23.4 Å². The number of rotatable bonds is 8. The van der Waals surface area contributed by atoms with Crippen molar-refractivity contribution < 1.29 is 18.7 Å². The maximum absolute atomic E-state index is 13.4. The van der Waals surface area contributed by atoms with Gasteiger partial charge in [-0.3, -0.25) is 9.59 Å². The smallest absolute Gasteiger partial charge is 0.247 e. The lowest BCUT2D eigenvalue weighted by atomic mass is 10.0. The molecule has 2 amide bonds. The van der Waals surface area contributed by atoms with E-state index in [2.05, 4.69) is 11.4 Å². The lowest BCUT2D eigenvalue weighted by Gasteiger charge is -2.24. The number of hydrogen-bond acceptors (Lipinski definition) is 4. The molecule has 0 radical (unpaired) electrons. The third-order valence-electron chi connectivity index (χ3n) is 6.39. The van der Waals surface area contributed by atoms with E-state index in [0.29, 0.717) is 30.2 Å². The number of anilines is 1. The number of nitrogens with one attached hydrogen (secondary N) is 1. The summed E-state index contributed by atoms with van der Waals surface area (Å²) in [6.07, 6.45) is 4.98. The fourth-order valence-corrected chi connectivity index (χ4v) is 5.17. The molecule has 7 heteroatoms. The number of nitrogens with zero attached hydrogens (tertiary/aromatic N) is 1. The molecule has 3 aromatic carbocycles. The molecule has 0 bridgehead atoms. The Hall–Kier alpha value is -4.23. The average Bonchev–Trinajstić information content (AvgIpc) is 3.61. The molecule has 2 atom stereocenters. The molecule has 0 spiro atoms. The van der Waals surface area contributed by atoms with Gasteiger partial charge in [-0.15, -0.1) is 11.3 Å². The second kappa shape index (κ2) is 11.9. The van der Waals surface area contributed by atoms with Gasteiger partial charge in [0.2, 0.25) is 11.8 Å². The zero-order valence-electron chi connectivity index (χ0n) is 20.6. The second-order valence-corrected chi connectivity index (χ2v) is 10.2. The van der Waals surface area contributed by atoms with E-state index in [4.69, 9.17) is 4.74 Å². The molecule has 1 saturated heterocycles. The van der Waals surface area contributed by atoms with E-state index in [9.17, 15) is 14.0 Å². The van der Waals surface area contributed by atoms with E-state index < -0.39 is 6.04 Å². The van der Waals surface area contributed by atoms with Crippen molar-refractivity contribution in [2.24, 2.45) is 5.92 Å². The van der Waals surface area contributed by atoms with Crippen LogP contribution in [-0.4, -0.2) is 29.3 Å². The van der Waals surface area contributed by atoms with Crippen LogP contribution in [0, 0.1) is 11.7 Å². The summed E-state index contributed by atoms with van der Waals surface area (Å²) in [5, 5.41) is 4.91. The zero-order valence-corrected chi connectivity index (χ0v) is 21.4. The molecule has 1 N–H and O–H groups in total. The number of likely N-dealkylation sites (tertiary alicyclic amines) is 1. The summed E-state index contributed by atoms with van der Waals surface area (Å²) in [5.74, 6) is 0.560. The lowest BCUT2D eigenvalue weighted by molar-refractivity contribution is -0.136. The minimum atomic E-state index is -0.567. The molecule has 5 rings (SSSR count). The SMILES string of the molecule is O=C(Nc1ccc(Oc2ccc(F)cc2)cc1)[C@@H]1CC(/C=C/c2ccccc2)CN1C(=O)Cc1cccs1. The molecule has 0 aliphatic carbocycles. The predicted molar refractivity (Wildman–Crippen MR) is 149 cm³/mol. The number of ether oxygens (including phenoxy) is 1. The first-order valence-electron chi connectivity index (χ1n) is 12.4. The van der Waals surface area contributed by atoms with Gasteiger partial charge in [0, 0.05) is 17.1 Å². The third-order valence-corrected chi connectivity index (χ3v) is 7.27. The maximum Gasteiger partial charge on any atom is 0.247 e.